The Labute approximate surface area is 175 Å². The highest BCUT2D eigenvalue weighted by Crippen LogP contribution is 2.36. The molecular formula is C25H36NO3+. The van der Waals surface area contributed by atoms with Gasteiger partial charge < -0.3 is 14.3 Å². The molecule has 1 unspecified atom stereocenters. The van der Waals surface area contributed by atoms with Gasteiger partial charge >= 0.3 is 5.97 Å². The summed E-state index contributed by atoms with van der Waals surface area (Å²) in [5, 5.41) is 10.6. The van der Waals surface area contributed by atoms with E-state index in [2.05, 4.69) is 45.9 Å². The second-order valence-corrected chi connectivity index (χ2v) is 8.56. The van der Waals surface area contributed by atoms with Crippen LogP contribution in [0.25, 0.3) is 0 Å². The maximum absolute atomic E-state index is 12.2. The minimum atomic E-state index is -0.179. The van der Waals surface area contributed by atoms with Gasteiger partial charge in [0.25, 0.3) is 0 Å². The molecule has 0 aliphatic rings. The molecule has 1 atom stereocenters. The van der Waals surface area contributed by atoms with Gasteiger partial charge in [-0.15, -0.1) is 0 Å². The van der Waals surface area contributed by atoms with E-state index in [1.54, 1.807) is 6.07 Å². The van der Waals surface area contributed by atoms with Crippen LogP contribution in [-0.4, -0.2) is 47.8 Å². The Balaban J connectivity index is 2.44. The number of hydrogen-bond acceptors (Lipinski definition) is 3. The largest absolute Gasteiger partial charge is 0.508 e. The third-order valence-corrected chi connectivity index (χ3v) is 6.30. The van der Waals surface area contributed by atoms with Gasteiger partial charge in [0.2, 0.25) is 0 Å². The summed E-state index contributed by atoms with van der Waals surface area (Å²) in [6.45, 7) is 11.9. The number of aromatic hydroxyl groups is 1. The van der Waals surface area contributed by atoms with E-state index in [4.69, 9.17) is 4.74 Å². The first-order chi connectivity index (χ1) is 13.7. The summed E-state index contributed by atoms with van der Waals surface area (Å²) < 4.78 is 5.68. The molecule has 0 aliphatic carbocycles. The van der Waals surface area contributed by atoms with Crippen LogP contribution in [0.3, 0.4) is 0 Å². The molecule has 1 N–H and O–H groups in total. The third-order valence-electron chi connectivity index (χ3n) is 6.30. The van der Waals surface area contributed by atoms with Crippen molar-refractivity contribution in [2.75, 3.05) is 20.2 Å². The number of carbonyl (C=O) groups is 1. The van der Waals surface area contributed by atoms with Crippen LogP contribution in [0.1, 0.15) is 56.7 Å². The maximum Gasteiger partial charge on any atom is 0.361 e. The van der Waals surface area contributed by atoms with Crippen molar-refractivity contribution in [2.45, 2.75) is 59.0 Å². The Morgan fingerprint density at radius 1 is 1.03 bits per heavy atom. The van der Waals surface area contributed by atoms with E-state index in [9.17, 15) is 9.90 Å². The molecule has 0 radical (unpaired) electrons. The van der Waals surface area contributed by atoms with E-state index in [0.717, 1.165) is 24.1 Å². The molecule has 0 aliphatic heterocycles. The van der Waals surface area contributed by atoms with Gasteiger partial charge in [0.15, 0.2) is 6.54 Å². The molecule has 0 fully saturated rings. The van der Waals surface area contributed by atoms with Crippen LogP contribution < -0.4 is 0 Å². The fourth-order valence-electron chi connectivity index (χ4n) is 4.37. The van der Waals surface area contributed by atoms with Crippen molar-refractivity contribution < 1.29 is 19.1 Å². The van der Waals surface area contributed by atoms with E-state index in [1.165, 1.54) is 12.7 Å². The van der Waals surface area contributed by atoms with Crippen molar-refractivity contribution in [3.63, 3.8) is 0 Å². The number of aryl methyl sites for hydroxylation is 1. The number of hydrogen-bond donors (Lipinski definition) is 1. The fraction of sp³-hybridized carbons (Fsp3) is 0.480. The molecule has 0 aromatic heterocycles. The third kappa shape index (κ3) is 5.39. The lowest BCUT2D eigenvalue weighted by Crippen LogP contribution is -2.60. The lowest BCUT2D eigenvalue weighted by molar-refractivity contribution is -0.960. The van der Waals surface area contributed by atoms with E-state index in [0.29, 0.717) is 16.8 Å². The number of quaternary nitrogens is 1. The lowest BCUT2D eigenvalue weighted by Gasteiger charge is -2.45. The molecule has 2 aromatic rings. The highest BCUT2D eigenvalue weighted by Gasteiger charge is 2.38. The summed E-state index contributed by atoms with van der Waals surface area (Å²) in [4.78, 5) is 12.2. The van der Waals surface area contributed by atoms with Crippen molar-refractivity contribution in [1.82, 2.24) is 0 Å². The Hall–Kier alpha value is -2.33. The smallest absolute Gasteiger partial charge is 0.361 e. The predicted octanol–water partition coefficient (Wildman–Crippen LogP) is 5.03. The zero-order valence-electron chi connectivity index (χ0n) is 18.7. The molecule has 0 amide bonds. The Morgan fingerprint density at radius 3 is 2.21 bits per heavy atom. The minimum absolute atomic E-state index is 0.0590. The SMILES string of the molecule is COC(=O)C[N+](CCC(c1ccccc1)c1cc(C)ccc1O)(C(C)C)C(C)C. The number of phenols is 1. The molecule has 29 heavy (non-hydrogen) atoms. The lowest BCUT2D eigenvalue weighted by atomic mass is 9.86. The van der Waals surface area contributed by atoms with Crippen molar-refractivity contribution in [3.05, 3.63) is 65.2 Å². The number of ether oxygens (including phenoxy) is 1. The van der Waals surface area contributed by atoms with Crippen LogP contribution in [-0.2, 0) is 9.53 Å². The number of nitrogens with zero attached hydrogens (tertiary/aromatic N) is 1. The first-order valence-electron chi connectivity index (χ1n) is 10.5. The summed E-state index contributed by atoms with van der Waals surface area (Å²) in [6, 6.07) is 16.7. The van der Waals surface area contributed by atoms with Gasteiger partial charge in [0, 0.05) is 17.9 Å². The molecule has 0 saturated carbocycles. The van der Waals surface area contributed by atoms with Gasteiger partial charge in [-0.25, -0.2) is 4.79 Å². The molecule has 4 nitrogen and oxygen atoms in total. The topological polar surface area (TPSA) is 46.5 Å². The number of carbonyl (C=O) groups excluding carboxylic acids is 1. The summed E-state index contributed by atoms with van der Waals surface area (Å²) in [7, 11) is 1.45. The van der Waals surface area contributed by atoms with Gasteiger partial charge in [-0.05, 0) is 46.2 Å². The maximum atomic E-state index is 12.2. The summed E-state index contributed by atoms with van der Waals surface area (Å²) in [5.74, 6) is 0.204. The Morgan fingerprint density at radius 2 is 1.66 bits per heavy atom. The first kappa shape index (κ1) is 23.0. The van der Waals surface area contributed by atoms with Gasteiger partial charge in [0.05, 0.1) is 25.7 Å². The number of esters is 1. The van der Waals surface area contributed by atoms with Gasteiger partial charge in [-0.2, -0.15) is 0 Å². The van der Waals surface area contributed by atoms with Crippen LogP contribution >= 0.6 is 0 Å². The van der Waals surface area contributed by atoms with Crippen molar-refractivity contribution in [3.8, 4) is 5.75 Å². The van der Waals surface area contributed by atoms with Crippen molar-refractivity contribution in [1.29, 1.82) is 0 Å². The van der Waals surface area contributed by atoms with E-state index < -0.39 is 0 Å². The molecule has 158 valence electrons. The molecule has 0 heterocycles. The van der Waals surface area contributed by atoms with Crippen molar-refractivity contribution >= 4 is 5.97 Å². The monoisotopic (exact) mass is 398 g/mol. The van der Waals surface area contributed by atoms with Crippen LogP contribution in [0.15, 0.2) is 48.5 Å². The second kappa shape index (κ2) is 9.93. The second-order valence-electron chi connectivity index (χ2n) is 8.56. The molecule has 2 rings (SSSR count). The molecule has 0 saturated heterocycles. The number of rotatable bonds is 9. The normalized spacial score (nSPS) is 13.0. The highest BCUT2D eigenvalue weighted by molar-refractivity contribution is 5.70. The first-order valence-corrected chi connectivity index (χ1v) is 10.5. The van der Waals surface area contributed by atoms with Crippen LogP contribution in [0.5, 0.6) is 5.75 Å². The number of benzene rings is 2. The average Bonchev–Trinajstić information content (AvgIpc) is 2.69. The highest BCUT2D eigenvalue weighted by atomic mass is 16.5. The molecule has 0 bridgehead atoms. The van der Waals surface area contributed by atoms with E-state index in [-0.39, 0.29) is 24.0 Å². The van der Waals surface area contributed by atoms with E-state index >= 15 is 0 Å². The molecule has 0 spiro atoms. The minimum Gasteiger partial charge on any atom is -0.508 e. The molecule has 2 aromatic carbocycles. The molecular weight excluding hydrogens is 362 g/mol. The predicted molar refractivity (Wildman–Crippen MR) is 118 cm³/mol. The van der Waals surface area contributed by atoms with Crippen LogP contribution in [0.4, 0.5) is 0 Å². The number of phenolic OH excluding ortho intramolecular Hbond substituents is 1. The zero-order chi connectivity index (χ0) is 21.6. The molecule has 4 heteroatoms. The van der Waals surface area contributed by atoms with Crippen LogP contribution in [0.2, 0.25) is 0 Å². The standard InChI is InChI=1S/C25H35NO3/c1-18(2)26(19(3)4,17-25(28)29-6)15-14-22(21-10-8-7-9-11-21)23-16-20(5)12-13-24(23)27/h7-13,16,18-19,22H,14-15,17H2,1-6H3/p+1. The summed E-state index contributed by atoms with van der Waals surface area (Å²) in [5.41, 5.74) is 3.25. The van der Waals surface area contributed by atoms with Gasteiger partial charge in [-0.3, -0.25) is 0 Å². The van der Waals surface area contributed by atoms with Crippen molar-refractivity contribution in [2.24, 2.45) is 0 Å². The zero-order valence-corrected chi connectivity index (χ0v) is 18.7. The Bertz CT molecular complexity index is 791. The van der Waals surface area contributed by atoms with Gasteiger partial charge in [-0.1, -0.05) is 48.0 Å². The fourth-order valence-corrected chi connectivity index (χ4v) is 4.37. The average molecular weight is 399 g/mol. The van der Waals surface area contributed by atoms with Crippen LogP contribution in [0, 0.1) is 6.92 Å². The van der Waals surface area contributed by atoms with Gasteiger partial charge in [0.1, 0.15) is 5.75 Å². The van der Waals surface area contributed by atoms with E-state index in [1.807, 2.05) is 31.2 Å². The Kier molecular flexibility index (Phi) is 7.86. The summed E-state index contributed by atoms with van der Waals surface area (Å²) in [6.07, 6.45) is 0.828. The number of methoxy groups -OCH3 is 1. The summed E-state index contributed by atoms with van der Waals surface area (Å²) >= 11 is 0. The quantitative estimate of drug-likeness (QED) is 0.476.